The molecule has 0 bridgehead atoms. The Kier molecular flexibility index (Phi) is 5.92. The largest absolute Gasteiger partial charge is 0.370 e. The summed E-state index contributed by atoms with van der Waals surface area (Å²) in [6.45, 7) is 5.89. The first-order chi connectivity index (χ1) is 14.9. The van der Waals surface area contributed by atoms with Crippen molar-refractivity contribution in [3.8, 4) is 0 Å². The quantitative estimate of drug-likeness (QED) is 0.465. The van der Waals surface area contributed by atoms with Crippen molar-refractivity contribution in [3.05, 3.63) is 60.2 Å². The molecule has 1 aliphatic rings. The minimum Gasteiger partial charge on any atom is -0.370 e. The zero-order chi connectivity index (χ0) is 20.2. The number of morpholine rings is 1. The highest BCUT2D eigenvalue weighted by atomic mass is 32.2. The summed E-state index contributed by atoms with van der Waals surface area (Å²) in [7, 11) is 0. The van der Waals surface area contributed by atoms with E-state index in [0.29, 0.717) is 0 Å². The van der Waals surface area contributed by atoms with Gasteiger partial charge in [-0.15, -0.1) is 10.2 Å². The molecule has 30 heavy (non-hydrogen) atoms. The van der Waals surface area contributed by atoms with E-state index in [9.17, 15) is 0 Å². The first-order valence-electron chi connectivity index (χ1n) is 10.6. The summed E-state index contributed by atoms with van der Waals surface area (Å²) in [5.74, 6) is 0.993. The summed E-state index contributed by atoms with van der Waals surface area (Å²) in [5.41, 5.74) is 4.32. The second kappa shape index (κ2) is 9.12. The molecule has 0 aliphatic carbocycles. The topological polar surface area (TPSA) is 57.3 Å². The van der Waals surface area contributed by atoms with Crippen molar-refractivity contribution in [2.24, 2.45) is 0 Å². The van der Waals surface area contributed by atoms with Crippen LogP contribution in [0.2, 0.25) is 0 Å². The Balaban J connectivity index is 1.39. The number of rotatable bonds is 7. The first-order valence-corrected chi connectivity index (χ1v) is 11.6. The van der Waals surface area contributed by atoms with Gasteiger partial charge in [0.1, 0.15) is 18.6 Å². The van der Waals surface area contributed by atoms with E-state index < -0.39 is 0 Å². The van der Waals surface area contributed by atoms with Crippen LogP contribution in [0.4, 0.5) is 0 Å². The van der Waals surface area contributed by atoms with Gasteiger partial charge in [0.2, 0.25) is 5.16 Å². The Hall–Kier alpha value is -2.48. The van der Waals surface area contributed by atoms with Crippen molar-refractivity contribution in [1.82, 2.24) is 19.7 Å². The summed E-state index contributed by atoms with van der Waals surface area (Å²) < 4.78 is 7.74. The zero-order valence-corrected chi connectivity index (χ0v) is 17.8. The predicted octanol–water partition coefficient (Wildman–Crippen LogP) is 2.23. The number of aryl methyl sites for hydroxylation is 2. The van der Waals surface area contributed by atoms with Crippen LogP contribution in [-0.2, 0) is 17.7 Å². The Morgan fingerprint density at radius 3 is 2.63 bits per heavy atom. The van der Waals surface area contributed by atoms with E-state index in [0.717, 1.165) is 73.3 Å². The number of thioether (sulfide) groups is 1. The van der Waals surface area contributed by atoms with Crippen LogP contribution in [0.3, 0.4) is 0 Å². The molecule has 1 N–H and O–H groups in total. The van der Waals surface area contributed by atoms with E-state index in [1.807, 2.05) is 0 Å². The van der Waals surface area contributed by atoms with Gasteiger partial charge in [-0.1, -0.05) is 60.3 Å². The molecule has 154 valence electrons. The van der Waals surface area contributed by atoms with Gasteiger partial charge in [0.25, 0.3) is 0 Å². The monoisotopic (exact) mass is 420 g/mol. The second-order valence-corrected chi connectivity index (χ2v) is 8.69. The normalized spacial score (nSPS) is 15.2. The van der Waals surface area contributed by atoms with Gasteiger partial charge in [0.05, 0.1) is 31.0 Å². The number of nitrogens with one attached hydrogen (secondary N) is 1. The lowest BCUT2D eigenvalue weighted by atomic mass is 10.1. The van der Waals surface area contributed by atoms with Gasteiger partial charge in [-0.25, -0.2) is 4.98 Å². The number of fused-ring (bicyclic) bond motifs is 3. The molecule has 0 atom stereocenters. The lowest BCUT2D eigenvalue weighted by molar-refractivity contribution is -0.905. The molecule has 0 unspecified atom stereocenters. The molecule has 0 radical (unpaired) electrons. The molecule has 1 aliphatic heterocycles. The Labute approximate surface area is 180 Å². The maximum absolute atomic E-state index is 5.44. The lowest BCUT2D eigenvalue weighted by Crippen LogP contribution is -3.14. The van der Waals surface area contributed by atoms with Crippen molar-refractivity contribution in [2.75, 3.05) is 38.6 Å². The van der Waals surface area contributed by atoms with Crippen molar-refractivity contribution in [3.63, 3.8) is 0 Å². The Morgan fingerprint density at radius 1 is 0.967 bits per heavy atom. The first kappa shape index (κ1) is 19.5. The third kappa shape index (κ3) is 4.19. The van der Waals surface area contributed by atoms with E-state index in [-0.39, 0.29) is 0 Å². The van der Waals surface area contributed by atoms with Gasteiger partial charge in [-0.3, -0.25) is 0 Å². The highest BCUT2D eigenvalue weighted by Crippen LogP contribution is 2.27. The molecule has 5 rings (SSSR count). The van der Waals surface area contributed by atoms with Crippen molar-refractivity contribution < 1.29 is 9.64 Å². The molecule has 4 aromatic rings. The molecule has 1 saturated heterocycles. The number of hydrogen-bond donors (Lipinski definition) is 1. The summed E-state index contributed by atoms with van der Waals surface area (Å²) in [5, 5.41) is 10.9. The van der Waals surface area contributed by atoms with Crippen LogP contribution >= 0.6 is 11.8 Å². The maximum atomic E-state index is 5.44. The average molecular weight is 421 g/mol. The molecule has 1 fully saturated rings. The molecule has 2 aromatic heterocycles. The zero-order valence-electron chi connectivity index (χ0n) is 17.0. The minimum absolute atomic E-state index is 0.763. The third-order valence-electron chi connectivity index (χ3n) is 5.71. The fourth-order valence-electron chi connectivity index (χ4n) is 4.06. The van der Waals surface area contributed by atoms with Gasteiger partial charge in [0, 0.05) is 11.9 Å². The summed E-state index contributed by atoms with van der Waals surface area (Å²) in [4.78, 5) is 6.52. The molecule has 2 aromatic carbocycles. The number of para-hydroxylation sites is 1. The Morgan fingerprint density at radius 2 is 1.77 bits per heavy atom. The van der Waals surface area contributed by atoms with Gasteiger partial charge in [0.15, 0.2) is 5.65 Å². The maximum Gasteiger partial charge on any atom is 0.211 e. The number of hydrogen-bond acceptors (Lipinski definition) is 5. The molecule has 0 spiro atoms. The average Bonchev–Trinajstić information content (AvgIpc) is 3.12. The van der Waals surface area contributed by atoms with E-state index in [4.69, 9.17) is 9.72 Å². The van der Waals surface area contributed by atoms with Crippen LogP contribution in [-0.4, -0.2) is 58.3 Å². The molecule has 7 heteroatoms. The smallest absolute Gasteiger partial charge is 0.211 e. The van der Waals surface area contributed by atoms with Gasteiger partial charge >= 0.3 is 0 Å². The summed E-state index contributed by atoms with van der Waals surface area (Å²) in [6.07, 6.45) is 0.960. The van der Waals surface area contributed by atoms with Crippen molar-refractivity contribution >= 4 is 33.8 Å². The van der Waals surface area contributed by atoms with Gasteiger partial charge < -0.3 is 14.2 Å². The lowest BCUT2D eigenvalue weighted by Gasteiger charge is -2.23. The second-order valence-electron chi connectivity index (χ2n) is 7.63. The minimum atomic E-state index is 0.763. The van der Waals surface area contributed by atoms with Crippen LogP contribution in [0, 0.1) is 0 Å². The number of benzene rings is 2. The number of ether oxygens (including phenoxy) is 1. The van der Waals surface area contributed by atoms with Crippen LogP contribution in [0.5, 0.6) is 0 Å². The summed E-state index contributed by atoms with van der Waals surface area (Å²) in [6, 6.07) is 19.0. The van der Waals surface area contributed by atoms with E-state index in [1.54, 1.807) is 16.7 Å². The molecule has 0 saturated carbocycles. The van der Waals surface area contributed by atoms with Crippen LogP contribution in [0.25, 0.3) is 22.1 Å². The van der Waals surface area contributed by atoms with Crippen LogP contribution in [0.1, 0.15) is 5.56 Å². The highest BCUT2D eigenvalue weighted by molar-refractivity contribution is 7.99. The Bertz CT molecular complexity index is 1120. The molecular weight excluding hydrogens is 394 g/mol. The van der Waals surface area contributed by atoms with Gasteiger partial charge in [-0.05, 0) is 18.1 Å². The van der Waals surface area contributed by atoms with Crippen molar-refractivity contribution in [1.29, 1.82) is 0 Å². The third-order valence-corrected chi connectivity index (χ3v) is 6.55. The molecule has 0 amide bonds. The fourth-order valence-corrected chi connectivity index (χ4v) is 4.88. The van der Waals surface area contributed by atoms with Crippen molar-refractivity contribution in [2.45, 2.75) is 18.1 Å². The predicted molar refractivity (Wildman–Crippen MR) is 120 cm³/mol. The molecule has 6 nitrogen and oxygen atoms in total. The van der Waals surface area contributed by atoms with E-state index in [1.165, 1.54) is 11.1 Å². The fraction of sp³-hybridized carbons (Fsp3) is 0.348. The SMILES string of the molecule is c1ccc(CCn2c3ccccc3c3nnc(SCC[NH+]4CCOCC4)nc32)cc1. The number of nitrogens with zero attached hydrogens (tertiary/aromatic N) is 4. The highest BCUT2D eigenvalue weighted by Gasteiger charge is 2.16. The molecular formula is C23H26N5OS+. The molecule has 3 heterocycles. The van der Waals surface area contributed by atoms with Crippen LogP contribution in [0.15, 0.2) is 59.8 Å². The standard InChI is InChI=1S/C23H25N5OS/c1-2-6-18(7-3-1)10-11-28-20-9-5-4-8-19(20)21-22(28)24-23(26-25-21)30-17-14-27-12-15-29-16-13-27/h1-9H,10-17H2/p+1. The van der Waals surface area contributed by atoms with Crippen LogP contribution < -0.4 is 4.90 Å². The number of quaternary nitrogens is 1. The van der Waals surface area contributed by atoms with Gasteiger partial charge in [-0.2, -0.15) is 0 Å². The number of aromatic nitrogens is 4. The van der Waals surface area contributed by atoms with E-state index in [2.05, 4.69) is 69.4 Å². The van der Waals surface area contributed by atoms with E-state index >= 15 is 0 Å². The summed E-state index contributed by atoms with van der Waals surface area (Å²) >= 11 is 1.70.